The molecule has 2 aliphatic heterocycles. The summed E-state index contributed by atoms with van der Waals surface area (Å²) in [5.74, 6) is 0.00186. The van der Waals surface area contributed by atoms with Crippen molar-refractivity contribution in [2.24, 2.45) is 4.99 Å². The van der Waals surface area contributed by atoms with Gasteiger partial charge in [0, 0.05) is 37.3 Å². The number of benzene rings is 1. The molecule has 0 spiro atoms. The topological polar surface area (TPSA) is 80.5 Å². The molecule has 1 fully saturated rings. The van der Waals surface area contributed by atoms with E-state index < -0.39 is 0 Å². The van der Waals surface area contributed by atoms with Crippen LogP contribution < -0.4 is 10.6 Å². The van der Waals surface area contributed by atoms with Gasteiger partial charge in [0.15, 0.2) is 0 Å². The molecule has 0 aromatic heterocycles. The molecule has 0 saturated carbocycles. The summed E-state index contributed by atoms with van der Waals surface area (Å²) in [6.07, 6.45) is 10.7. The molecule has 1 aliphatic carbocycles. The van der Waals surface area contributed by atoms with Crippen LogP contribution in [-0.4, -0.2) is 49.2 Å². The number of aryl methyl sites for hydroxylation is 1. The third kappa shape index (κ3) is 5.07. The van der Waals surface area contributed by atoms with Crippen LogP contribution in [0, 0.1) is 11.3 Å². The quantitative estimate of drug-likeness (QED) is 0.669. The van der Waals surface area contributed by atoms with Gasteiger partial charge in [-0.1, -0.05) is 29.8 Å². The molecule has 1 aromatic carbocycles. The van der Waals surface area contributed by atoms with Crippen LogP contribution in [0.2, 0.25) is 5.02 Å². The van der Waals surface area contributed by atoms with Gasteiger partial charge in [-0.2, -0.15) is 5.26 Å². The van der Waals surface area contributed by atoms with Crippen LogP contribution in [0.5, 0.6) is 0 Å². The van der Waals surface area contributed by atoms with Crippen LogP contribution in [0.15, 0.2) is 46.6 Å². The average Bonchev–Trinajstić information content (AvgIpc) is 3.07. The van der Waals surface area contributed by atoms with Crippen LogP contribution >= 0.6 is 11.6 Å². The Morgan fingerprint density at radius 3 is 3.10 bits per heavy atom. The van der Waals surface area contributed by atoms with E-state index >= 15 is 0 Å². The van der Waals surface area contributed by atoms with Gasteiger partial charge in [0.25, 0.3) is 0 Å². The number of nitriles is 1. The lowest BCUT2D eigenvalue weighted by molar-refractivity contribution is -0.130. The van der Waals surface area contributed by atoms with Crippen molar-refractivity contribution in [3.63, 3.8) is 0 Å². The maximum absolute atomic E-state index is 12.4. The van der Waals surface area contributed by atoms with Crippen LogP contribution in [-0.2, 0) is 11.2 Å². The van der Waals surface area contributed by atoms with Crippen molar-refractivity contribution < 1.29 is 4.79 Å². The highest BCUT2D eigenvalue weighted by Gasteiger charge is 2.28. The molecule has 2 N–H and O–H groups in total. The van der Waals surface area contributed by atoms with E-state index in [0.29, 0.717) is 19.6 Å². The summed E-state index contributed by atoms with van der Waals surface area (Å²) < 4.78 is 0. The third-order valence-corrected chi connectivity index (χ3v) is 6.36. The minimum Gasteiger partial charge on any atom is -0.326 e. The van der Waals surface area contributed by atoms with E-state index in [1.54, 1.807) is 4.90 Å². The van der Waals surface area contributed by atoms with E-state index in [1.165, 1.54) is 16.7 Å². The Morgan fingerprint density at radius 1 is 1.32 bits per heavy atom. The molecule has 0 radical (unpaired) electrons. The largest absolute Gasteiger partial charge is 0.326 e. The number of carbonyl (C=O) groups excluding carboxylic acids is 1. The van der Waals surface area contributed by atoms with Crippen molar-refractivity contribution in [2.45, 2.75) is 44.2 Å². The van der Waals surface area contributed by atoms with Gasteiger partial charge in [-0.3, -0.25) is 9.79 Å². The van der Waals surface area contributed by atoms with Gasteiger partial charge in [-0.15, -0.1) is 0 Å². The molecular formula is C24H28ClN5O. The van der Waals surface area contributed by atoms with Gasteiger partial charge >= 0.3 is 0 Å². The third-order valence-electron chi connectivity index (χ3n) is 6.12. The van der Waals surface area contributed by atoms with Crippen molar-refractivity contribution in [1.82, 2.24) is 15.5 Å². The first kappa shape index (κ1) is 21.8. The molecule has 2 heterocycles. The number of likely N-dealkylation sites (tertiary alicyclic amines) is 1. The highest BCUT2D eigenvalue weighted by atomic mass is 35.5. The van der Waals surface area contributed by atoms with E-state index in [-0.39, 0.29) is 24.5 Å². The van der Waals surface area contributed by atoms with Crippen molar-refractivity contribution in [3.05, 3.63) is 57.8 Å². The van der Waals surface area contributed by atoms with Gasteiger partial charge in [0.2, 0.25) is 5.91 Å². The van der Waals surface area contributed by atoms with E-state index in [0.717, 1.165) is 42.8 Å². The fourth-order valence-corrected chi connectivity index (χ4v) is 4.75. The van der Waals surface area contributed by atoms with Crippen molar-refractivity contribution in [2.75, 3.05) is 26.2 Å². The van der Waals surface area contributed by atoms with Crippen molar-refractivity contribution in [3.8, 4) is 6.07 Å². The Hall–Kier alpha value is -2.46. The highest BCUT2D eigenvalue weighted by molar-refractivity contribution is 6.30. The first-order valence-electron chi connectivity index (χ1n) is 11.0. The number of amides is 1. The normalized spacial score (nSPS) is 22.5. The highest BCUT2D eigenvalue weighted by Crippen LogP contribution is 2.36. The number of hydrogen-bond donors (Lipinski definition) is 2. The molecule has 7 heteroatoms. The fourth-order valence-electron chi connectivity index (χ4n) is 4.56. The molecule has 0 bridgehead atoms. The SMILES string of the molecule is N#CC1CCCN1C(=O)CNCCNC1C2=C(C=CCC=N2)CCc2cc(Cl)ccc21. The number of allylic oxidation sites excluding steroid dienone is 3. The number of carbonyl (C=O) groups is 1. The molecule has 2 unspecified atom stereocenters. The standard InChI is InChI=1S/C24H28ClN5O/c25-19-8-9-21-18(14-19)7-6-17-4-1-2-10-28-23(17)24(21)29-12-11-27-16-22(31)30-13-3-5-20(30)15-26/h1,4,8-10,14,20,24,27,29H,2-3,5-7,11-13,16H2. The van der Waals surface area contributed by atoms with Gasteiger partial charge in [-0.05, 0) is 54.5 Å². The maximum Gasteiger partial charge on any atom is 0.237 e. The summed E-state index contributed by atoms with van der Waals surface area (Å²) in [4.78, 5) is 18.9. The van der Waals surface area contributed by atoms with Gasteiger partial charge in [-0.25, -0.2) is 0 Å². The summed E-state index contributed by atoms with van der Waals surface area (Å²) in [5, 5.41) is 16.8. The zero-order valence-corrected chi connectivity index (χ0v) is 18.4. The predicted molar refractivity (Wildman–Crippen MR) is 123 cm³/mol. The van der Waals surface area contributed by atoms with E-state index in [2.05, 4.69) is 41.0 Å². The monoisotopic (exact) mass is 437 g/mol. The van der Waals surface area contributed by atoms with E-state index in [4.69, 9.17) is 16.6 Å². The van der Waals surface area contributed by atoms with Gasteiger partial charge < -0.3 is 15.5 Å². The van der Waals surface area contributed by atoms with Gasteiger partial charge in [0.1, 0.15) is 6.04 Å². The summed E-state index contributed by atoms with van der Waals surface area (Å²) in [5.41, 5.74) is 4.80. The van der Waals surface area contributed by atoms with Crippen LogP contribution in [0.4, 0.5) is 0 Å². The maximum atomic E-state index is 12.4. The summed E-state index contributed by atoms with van der Waals surface area (Å²) in [6, 6.07) is 8.04. The molecule has 2 atom stereocenters. The van der Waals surface area contributed by atoms with Crippen LogP contribution in [0.1, 0.15) is 42.9 Å². The Kier molecular flexibility index (Phi) is 7.18. The van der Waals surface area contributed by atoms with E-state index in [1.807, 2.05) is 12.3 Å². The molecule has 31 heavy (non-hydrogen) atoms. The van der Waals surface area contributed by atoms with Crippen LogP contribution in [0.25, 0.3) is 0 Å². The van der Waals surface area contributed by atoms with Gasteiger partial charge in [0.05, 0.1) is 24.4 Å². The van der Waals surface area contributed by atoms with E-state index in [9.17, 15) is 10.1 Å². The molecule has 4 rings (SSSR count). The lowest BCUT2D eigenvalue weighted by Crippen LogP contribution is -2.42. The lowest BCUT2D eigenvalue weighted by atomic mass is 9.98. The van der Waals surface area contributed by atoms with Crippen molar-refractivity contribution in [1.29, 1.82) is 5.26 Å². The number of fused-ring (bicyclic) bond motifs is 1. The molecule has 1 aromatic rings. The molecule has 1 saturated heterocycles. The smallest absolute Gasteiger partial charge is 0.237 e. The summed E-state index contributed by atoms with van der Waals surface area (Å²) in [7, 11) is 0. The lowest BCUT2D eigenvalue weighted by Gasteiger charge is -2.22. The van der Waals surface area contributed by atoms with Crippen LogP contribution in [0.3, 0.4) is 0 Å². The zero-order valence-electron chi connectivity index (χ0n) is 17.6. The fraction of sp³-hybridized carbons (Fsp3) is 0.458. The number of halogens is 1. The average molecular weight is 438 g/mol. The summed E-state index contributed by atoms with van der Waals surface area (Å²) in [6.45, 7) is 2.28. The minimum absolute atomic E-state index is 0.00186. The first-order chi connectivity index (χ1) is 15.2. The Morgan fingerprint density at radius 2 is 2.23 bits per heavy atom. The Bertz CT molecular complexity index is 961. The second-order valence-corrected chi connectivity index (χ2v) is 8.58. The number of aliphatic imine (C=N–C) groups is 1. The predicted octanol–water partition coefficient (Wildman–Crippen LogP) is 3.31. The molecular weight excluding hydrogens is 410 g/mol. The van der Waals surface area contributed by atoms with Crippen molar-refractivity contribution >= 4 is 23.7 Å². The molecule has 162 valence electrons. The number of rotatable bonds is 6. The summed E-state index contributed by atoms with van der Waals surface area (Å²) >= 11 is 6.26. The molecule has 3 aliphatic rings. The number of nitrogens with one attached hydrogen (secondary N) is 2. The second kappa shape index (κ2) is 10.2. The second-order valence-electron chi connectivity index (χ2n) is 8.14. The molecule has 6 nitrogen and oxygen atoms in total. The number of nitrogens with zero attached hydrogens (tertiary/aromatic N) is 3. The Balaban J connectivity index is 1.39. The Labute approximate surface area is 188 Å². The number of hydrogen-bond acceptors (Lipinski definition) is 5. The minimum atomic E-state index is -0.270. The zero-order chi connectivity index (χ0) is 21.6. The first-order valence-corrected chi connectivity index (χ1v) is 11.4. The molecule has 1 amide bonds.